The number of sulfonamides is 1. The van der Waals surface area contributed by atoms with E-state index in [0.717, 1.165) is 0 Å². The third-order valence-electron chi connectivity index (χ3n) is 2.71. The Morgan fingerprint density at radius 3 is 2.33 bits per heavy atom. The Morgan fingerprint density at radius 2 is 1.89 bits per heavy atom. The third-order valence-corrected chi connectivity index (χ3v) is 6.66. The highest BCUT2D eigenvalue weighted by Crippen LogP contribution is 2.30. The highest BCUT2D eigenvalue weighted by molar-refractivity contribution is 9.10. The van der Waals surface area contributed by atoms with Crippen molar-refractivity contribution >= 4 is 37.7 Å². The SMILES string of the molecule is CC1CN(S(=O)(=O)c2c(Br)nnn2C)CC(C)S1. The van der Waals surface area contributed by atoms with Gasteiger partial charge >= 0.3 is 0 Å². The van der Waals surface area contributed by atoms with Gasteiger partial charge in [0, 0.05) is 30.6 Å². The first-order chi connectivity index (χ1) is 8.32. The van der Waals surface area contributed by atoms with E-state index in [0.29, 0.717) is 23.6 Å². The van der Waals surface area contributed by atoms with Gasteiger partial charge in [-0.3, -0.25) is 0 Å². The highest BCUT2D eigenvalue weighted by atomic mass is 79.9. The molecule has 1 aromatic heterocycles. The molecular weight excluding hydrogens is 340 g/mol. The van der Waals surface area contributed by atoms with Crippen LogP contribution in [0.5, 0.6) is 0 Å². The maximum atomic E-state index is 12.6. The summed E-state index contributed by atoms with van der Waals surface area (Å²) in [5, 5.41) is 8.17. The molecule has 102 valence electrons. The van der Waals surface area contributed by atoms with Gasteiger partial charge < -0.3 is 0 Å². The minimum Gasteiger partial charge on any atom is -0.235 e. The Balaban J connectivity index is 2.37. The van der Waals surface area contributed by atoms with Crippen LogP contribution in [0.4, 0.5) is 0 Å². The van der Waals surface area contributed by atoms with Crippen molar-refractivity contribution in [2.24, 2.45) is 7.05 Å². The Kier molecular flexibility index (Phi) is 4.05. The molecule has 6 nitrogen and oxygen atoms in total. The Bertz CT molecular complexity index is 515. The standard InChI is InChI=1S/C9H15BrN4O2S2/c1-6-4-14(5-7(2)17-6)18(15,16)9-8(10)11-12-13(9)3/h6-7H,4-5H2,1-3H3. The van der Waals surface area contributed by atoms with E-state index in [4.69, 9.17) is 0 Å². The zero-order valence-corrected chi connectivity index (χ0v) is 13.6. The van der Waals surface area contributed by atoms with Gasteiger partial charge in [0.05, 0.1) is 0 Å². The van der Waals surface area contributed by atoms with Gasteiger partial charge in [-0.05, 0) is 15.9 Å². The number of hydrogen-bond donors (Lipinski definition) is 0. The van der Waals surface area contributed by atoms with Crippen molar-refractivity contribution in [3.63, 3.8) is 0 Å². The first-order valence-corrected chi connectivity index (χ1v) is 8.70. The molecule has 0 N–H and O–H groups in total. The molecule has 18 heavy (non-hydrogen) atoms. The monoisotopic (exact) mass is 354 g/mol. The smallest absolute Gasteiger partial charge is 0.235 e. The predicted octanol–water partition coefficient (Wildman–Crippen LogP) is 1.09. The van der Waals surface area contributed by atoms with Crippen molar-refractivity contribution < 1.29 is 8.42 Å². The molecular formula is C9H15BrN4O2S2. The van der Waals surface area contributed by atoms with Gasteiger partial charge in [-0.25, -0.2) is 13.1 Å². The van der Waals surface area contributed by atoms with E-state index >= 15 is 0 Å². The molecule has 0 saturated carbocycles. The van der Waals surface area contributed by atoms with Crippen molar-refractivity contribution in [3.05, 3.63) is 4.60 Å². The van der Waals surface area contributed by atoms with Crippen LogP contribution >= 0.6 is 27.7 Å². The molecule has 2 atom stereocenters. The van der Waals surface area contributed by atoms with Gasteiger partial charge in [-0.1, -0.05) is 19.1 Å². The first kappa shape index (κ1) is 14.3. The van der Waals surface area contributed by atoms with Gasteiger partial charge in [-0.15, -0.1) is 5.10 Å². The molecule has 1 fully saturated rings. The average Bonchev–Trinajstić information content (AvgIpc) is 2.57. The number of rotatable bonds is 2. The maximum absolute atomic E-state index is 12.6. The van der Waals surface area contributed by atoms with Crippen LogP contribution in [0.25, 0.3) is 0 Å². The lowest BCUT2D eigenvalue weighted by Crippen LogP contribution is -2.44. The van der Waals surface area contributed by atoms with Crippen molar-refractivity contribution in [2.75, 3.05) is 13.1 Å². The highest BCUT2D eigenvalue weighted by Gasteiger charge is 2.35. The maximum Gasteiger partial charge on any atom is 0.263 e. The predicted molar refractivity (Wildman–Crippen MR) is 74.0 cm³/mol. The van der Waals surface area contributed by atoms with Crippen molar-refractivity contribution in [2.45, 2.75) is 29.4 Å². The molecule has 2 unspecified atom stereocenters. The summed E-state index contributed by atoms with van der Waals surface area (Å²) in [5.41, 5.74) is 0. The summed E-state index contributed by atoms with van der Waals surface area (Å²) in [7, 11) is -1.96. The molecule has 1 aromatic rings. The van der Waals surface area contributed by atoms with Crippen molar-refractivity contribution in [1.29, 1.82) is 0 Å². The van der Waals surface area contributed by atoms with E-state index in [2.05, 4.69) is 26.2 Å². The summed E-state index contributed by atoms with van der Waals surface area (Å²) in [4.78, 5) is 0. The number of aryl methyl sites for hydroxylation is 1. The molecule has 0 bridgehead atoms. The summed E-state index contributed by atoms with van der Waals surface area (Å²) in [6, 6.07) is 0. The first-order valence-electron chi connectivity index (χ1n) is 5.53. The summed E-state index contributed by atoms with van der Waals surface area (Å²) in [6.45, 7) is 5.13. The minimum absolute atomic E-state index is 0.119. The lowest BCUT2D eigenvalue weighted by Gasteiger charge is -2.33. The largest absolute Gasteiger partial charge is 0.263 e. The molecule has 1 saturated heterocycles. The summed E-state index contributed by atoms with van der Waals surface area (Å²) >= 11 is 4.96. The number of hydrogen-bond acceptors (Lipinski definition) is 5. The minimum atomic E-state index is -3.53. The quantitative estimate of drug-likeness (QED) is 0.795. The van der Waals surface area contributed by atoms with Crippen LogP contribution < -0.4 is 0 Å². The van der Waals surface area contributed by atoms with Crippen LogP contribution in [0.3, 0.4) is 0 Å². The van der Waals surface area contributed by atoms with E-state index in [9.17, 15) is 8.42 Å². The summed E-state index contributed by atoms with van der Waals surface area (Å²) in [5.74, 6) is 0. The second-order valence-electron chi connectivity index (χ2n) is 4.39. The molecule has 2 heterocycles. The van der Waals surface area contributed by atoms with Crippen LogP contribution in [-0.4, -0.2) is 51.3 Å². The fourth-order valence-corrected chi connectivity index (χ4v) is 6.21. The second-order valence-corrected chi connectivity index (χ2v) is 8.87. The number of thioether (sulfide) groups is 1. The summed E-state index contributed by atoms with van der Waals surface area (Å²) in [6.07, 6.45) is 0. The lowest BCUT2D eigenvalue weighted by molar-refractivity contribution is 0.399. The van der Waals surface area contributed by atoms with Gasteiger partial charge in [0.15, 0.2) is 4.60 Å². The van der Waals surface area contributed by atoms with Crippen LogP contribution in [0.1, 0.15) is 13.8 Å². The van der Waals surface area contributed by atoms with Crippen LogP contribution in [0, 0.1) is 0 Å². The molecule has 9 heteroatoms. The zero-order valence-electron chi connectivity index (χ0n) is 10.4. The van der Waals surface area contributed by atoms with E-state index in [1.165, 1.54) is 8.99 Å². The Hall–Kier alpha value is -0.120. The van der Waals surface area contributed by atoms with Gasteiger partial charge in [0.25, 0.3) is 10.0 Å². The fraction of sp³-hybridized carbons (Fsp3) is 0.778. The topological polar surface area (TPSA) is 68.1 Å². The fourth-order valence-electron chi connectivity index (χ4n) is 2.05. The van der Waals surface area contributed by atoms with Crippen LogP contribution in [0.2, 0.25) is 0 Å². The third kappa shape index (κ3) is 2.59. The van der Waals surface area contributed by atoms with E-state index in [1.807, 2.05) is 25.6 Å². The zero-order chi connectivity index (χ0) is 13.5. The van der Waals surface area contributed by atoms with Gasteiger partial charge in [0.2, 0.25) is 5.03 Å². The van der Waals surface area contributed by atoms with E-state index < -0.39 is 10.0 Å². The molecule has 2 rings (SSSR count). The lowest BCUT2D eigenvalue weighted by atomic mass is 10.4. The molecule has 0 aromatic carbocycles. The number of halogens is 1. The van der Waals surface area contributed by atoms with Crippen LogP contribution in [0.15, 0.2) is 9.63 Å². The Morgan fingerprint density at radius 1 is 1.33 bits per heavy atom. The number of aromatic nitrogens is 3. The molecule has 1 aliphatic rings. The Labute approximate surface area is 119 Å². The molecule has 0 aliphatic carbocycles. The average molecular weight is 355 g/mol. The van der Waals surface area contributed by atoms with Gasteiger partial charge in [0.1, 0.15) is 0 Å². The van der Waals surface area contributed by atoms with Crippen molar-refractivity contribution in [1.82, 2.24) is 19.3 Å². The molecule has 1 aliphatic heterocycles. The number of nitrogens with zero attached hydrogens (tertiary/aromatic N) is 4. The van der Waals surface area contributed by atoms with Gasteiger partial charge in [-0.2, -0.15) is 16.1 Å². The van der Waals surface area contributed by atoms with Crippen molar-refractivity contribution in [3.8, 4) is 0 Å². The van der Waals surface area contributed by atoms with Crippen LogP contribution in [-0.2, 0) is 17.1 Å². The molecule has 0 spiro atoms. The molecule has 0 radical (unpaired) electrons. The summed E-state index contributed by atoms with van der Waals surface area (Å²) < 4.78 is 28.2. The van der Waals surface area contributed by atoms with E-state index in [-0.39, 0.29) is 9.63 Å². The molecule has 0 amide bonds. The second kappa shape index (κ2) is 5.10. The van der Waals surface area contributed by atoms with E-state index in [1.54, 1.807) is 7.05 Å². The normalized spacial score (nSPS) is 26.4.